The number of halogens is 3. The molecule has 2 aromatic rings. The van der Waals surface area contributed by atoms with Gasteiger partial charge in [0.05, 0.1) is 11.6 Å². The second-order valence-electron chi connectivity index (χ2n) is 6.83. The number of nitrogens with zero attached hydrogens (tertiary/aromatic N) is 1. The molecule has 1 fully saturated rings. The molecule has 1 atom stereocenters. The quantitative estimate of drug-likeness (QED) is 0.813. The summed E-state index contributed by atoms with van der Waals surface area (Å²) in [6, 6.07) is 9.14. The summed E-state index contributed by atoms with van der Waals surface area (Å²) in [5.41, 5.74) is 1.28. The van der Waals surface area contributed by atoms with Crippen molar-refractivity contribution in [1.82, 2.24) is 0 Å². The molecule has 1 N–H and O–H groups in total. The molecule has 0 radical (unpaired) electrons. The minimum absolute atomic E-state index is 0.0381. The van der Waals surface area contributed by atoms with Crippen LogP contribution in [0.15, 0.2) is 36.4 Å². The normalized spacial score (nSPS) is 16.9. The number of carbonyl (C=O) groups excluding carboxylic acids is 2. The Bertz CT molecular complexity index is 899. The van der Waals surface area contributed by atoms with Crippen LogP contribution in [0.2, 0.25) is 0 Å². The van der Waals surface area contributed by atoms with E-state index in [0.717, 1.165) is 23.4 Å². The maximum atomic E-state index is 13.8. The van der Waals surface area contributed by atoms with E-state index in [1.54, 1.807) is 4.90 Å². The Hall–Kier alpha value is -2.83. The summed E-state index contributed by atoms with van der Waals surface area (Å²) in [6.45, 7) is 4.16. The van der Waals surface area contributed by atoms with Crippen molar-refractivity contribution in [2.75, 3.05) is 16.8 Å². The molecule has 4 nitrogen and oxygen atoms in total. The van der Waals surface area contributed by atoms with Gasteiger partial charge in [-0.3, -0.25) is 9.59 Å². The molecule has 0 bridgehead atoms. The van der Waals surface area contributed by atoms with Crippen molar-refractivity contribution in [2.24, 2.45) is 5.92 Å². The minimum atomic E-state index is -1.65. The molecular formula is C20H19F3N2O2. The van der Waals surface area contributed by atoms with Crippen molar-refractivity contribution in [3.05, 3.63) is 59.4 Å². The Kier molecular flexibility index (Phi) is 5.21. The first kappa shape index (κ1) is 18.9. The maximum Gasteiger partial charge on any atom is 0.229 e. The summed E-state index contributed by atoms with van der Waals surface area (Å²) in [4.78, 5) is 26.4. The number of para-hydroxylation sites is 1. The highest BCUT2D eigenvalue weighted by molar-refractivity contribution is 6.03. The number of nitrogens with one attached hydrogen (secondary N) is 1. The van der Waals surface area contributed by atoms with E-state index >= 15 is 0 Å². The summed E-state index contributed by atoms with van der Waals surface area (Å²) in [5, 5.41) is 2.25. The first-order chi connectivity index (χ1) is 12.8. The van der Waals surface area contributed by atoms with Gasteiger partial charge in [0.2, 0.25) is 11.8 Å². The number of carbonyl (C=O) groups is 2. The molecule has 1 aliphatic heterocycles. The predicted molar refractivity (Wildman–Crippen MR) is 95.9 cm³/mol. The molecule has 27 heavy (non-hydrogen) atoms. The Morgan fingerprint density at radius 3 is 2.52 bits per heavy atom. The lowest BCUT2D eigenvalue weighted by Gasteiger charge is -2.22. The average Bonchev–Trinajstić information content (AvgIpc) is 3.04. The number of hydrogen-bond acceptors (Lipinski definition) is 2. The van der Waals surface area contributed by atoms with Gasteiger partial charge in [0, 0.05) is 18.7 Å². The fraction of sp³-hybridized carbons (Fsp3) is 0.300. The molecule has 0 aliphatic carbocycles. The van der Waals surface area contributed by atoms with Gasteiger partial charge in [-0.15, -0.1) is 0 Å². The lowest BCUT2D eigenvalue weighted by atomic mass is 10.0. The molecule has 0 spiro atoms. The SMILES string of the molecule is CC(C)c1ccccc1N1CC(C(=O)Nc2ccc(F)c(F)c2F)CC1=O. The van der Waals surface area contributed by atoms with Gasteiger partial charge in [-0.2, -0.15) is 0 Å². The largest absolute Gasteiger partial charge is 0.323 e. The molecule has 1 saturated heterocycles. The third-order valence-electron chi connectivity index (χ3n) is 4.64. The Morgan fingerprint density at radius 2 is 1.81 bits per heavy atom. The number of anilines is 2. The minimum Gasteiger partial charge on any atom is -0.323 e. The van der Waals surface area contributed by atoms with E-state index in [-0.39, 0.29) is 24.8 Å². The van der Waals surface area contributed by atoms with Crippen molar-refractivity contribution in [3.63, 3.8) is 0 Å². The summed E-state index contributed by atoms with van der Waals surface area (Å²) in [5.74, 6) is -5.80. The van der Waals surface area contributed by atoms with Gasteiger partial charge in [0.1, 0.15) is 0 Å². The lowest BCUT2D eigenvalue weighted by Crippen LogP contribution is -2.29. The molecule has 1 heterocycles. The van der Waals surface area contributed by atoms with Gasteiger partial charge in [0.15, 0.2) is 17.5 Å². The highest BCUT2D eigenvalue weighted by Gasteiger charge is 2.36. The van der Waals surface area contributed by atoms with Crippen LogP contribution in [0.3, 0.4) is 0 Å². The standard InChI is InChI=1S/C20H19F3N2O2/c1-11(2)13-5-3-4-6-16(13)25-10-12(9-17(25)26)20(27)24-15-8-7-14(21)18(22)19(15)23/h3-8,11-12H,9-10H2,1-2H3,(H,24,27). The van der Waals surface area contributed by atoms with E-state index in [9.17, 15) is 22.8 Å². The summed E-state index contributed by atoms with van der Waals surface area (Å²) >= 11 is 0. The average molecular weight is 376 g/mol. The van der Waals surface area contributed by atoms with Crippen LogP contribution in [0.1, 0.15) is 31.7 Å². The molecule has 3 rings (SSSR count). The van der Waals surface area contributed by atoms with Crippen LogP contribution in [0.25, 0.3) is 0 Å². The smallest absolute Gasteiger partial charge is 0.229 e. The van der Waals surface area contributed by atoms with Crippen molar-refractivity contribution in [2.45, 2.75) is 26.2 Å². The second kappa shape index (κ2) is 7.42. The lowest BCUT2D eigenvalue weighted by molar-refractivity contribution is -0.122. The molecule has 2 aromatic carbocycles. The van der Waals surface area contributed by atoms with Crippen LogP contribution >= 0.6 is 0 Å². The topological polar surface area (TPSA) is 49.4 Å². The second-order valence-corrected chi connectivity index (χ2v) is 6.83. The van der Waals surface area contributed by atoms with Gasteiger partial charge < -0.3 is 10.2 Å². The fourth-order valence-electron chi connectivity index (χ4n) is 3.19. The fourth-order valence-corrected chi connectivity index (χ4v) is 3.19. The molecule has 0 aromatic heterocycles. The van der Waals surface area contributed by atoms with Crippen LogP contribution in [0.4, 0.5) is 24.5 Å². The summed E-state index contributed by atoms with van der Waals surface area (Å²) in [7, 11) is 0. The molecule has 7 heteroatoms. The third-order valence-corrected chi connectivity index (χ3v) is 4.64. The highest BCUT2D eigenvalue weighted by atomic mass is 19.2. The first-order valence-electron chi connectivity index (χ1n) is 8.63. The Morgan fingerprint density at radius 1 is 1.11 bits per heavy atom. The van der Waals surface area contributed by atoms with Crippen LogP contribution < -0.4 is 10.2 Å². The van der Waals surface area contributed by atoms with Gasteiger partial charge in [-0.05, 0) is 29.7 Å². The van der Waals surface area contributed by atoms with E-state index < -0.39 is 35.0 Å². The Labute approximate surface area is 155 Å². The number of benzene rings is 2. The van der Waals surface area contributed by atoms with E-state index in [4.69, 9.17) is 0 Å². The number of amides is 2. The van der Waals surface area contributed by atoms with Gasteiger partial charge in [0.25, 0.3) is 0 Å². The molecule has 142 valence electrons. The summed E-state index contributed by atoms with van der Waals surface area (Å²) in [6.07, 6.45) is -0.0381. The van der Waals surface area contributed by atoms with Crippen molar-refractivity contribution >= 4 is 23.2 Å². The monoisotopic (exact) mass is 376 g/mol. The number of rotatable bonds is 4. The van der Waals surface area contributed by atoms with E-state index in [1.165, 1.54) is 0 Å². The van der Waals surface area contributed by atoms with Gasteiger partial charge >= 0.3 is 0 Å². The summed E-state index contributed by atoms with van der Waals surface area (Å²) < 4.78 is 40.1. The molecule has 2 amide bonds. The van der Waals surface area contributed by atoms with E-state index in [2.05, 4.69) is 5.32 Å². The van der Waals surface area contributed by atoms with Crippen molar-refractivity contribution < 1.29 is 22.8 Å². The molecular weight excluding hydrogens is 357 g/mol. The maximum absolute atomic E-state index is 13.8. The van der Waals surface area contributed by atoms with Crippen LogP contribution in [0.5, 0.6) is 0 Å². The molecule has 1 aliphatic rings. The van der Waals surface area contributed by atoms with Gasteiger partial charge in [-0.1, -0.05) is 32.0 Å². The highest BCUT2D eigenvalue weighted by Crippen LogP contribution is 2.32. The zero-order chi connectivity index (χ0) is 19.7. The number of hydrogen-bond donors (Lipinski definition) is 1. The van der Waals surface area contributed by atoms with Crippen molar-refractivity contribution in [1.29, 1.82) is 0 Å². The first-order valence-corrected chi connectivity index (χ1v) is 8.63. The zero-order valence-electron chi connectivity index (χ0n) is 14.9. The van der Waals surface area contributed by atoms with E-state index in [0.29, 0.717) is 0 Å². The zero-order valence-corrected chi connectivity index (χ0v) is 14.9. The van der Waals surface area contributed by atoms with E-state index in [1.807, 2.05) is 38.1 Å². The van der Waals surface area contributed by atoms with Crippen LogP contribution in [-0.4, -0.2) is 18.4 Å². The van der Waals surface area contributed by atoms with Gasteiger partial charge in [-0.25, -0.2) is 13.2 Å². The van der Waals surface area contributed by atoms with Crippen molar-refractivity contribution in [3.8, 4) is 0 Å². The third kappa shape index (κ3) is 3.67. The molecule has 1 unspecified atom stereocenters. The van der Waals surface area contributed by atoms with Crippen LogP contribution in [-0.2, 0) is 9.59 Å². The molecule has 0 saturated carbocycles. The predicted octanol–water partition coefficient (Wildman–Crippen LogP) is 4.22. The Balaban J connectivity index is 1.78. The van der Waals surface area contributed by atoms with Crippen LogP contribution in [0, 0.1) is 23.4 Å².